The van der Waals surface area contributed by atoms with Crippen molar-refractivity contribution in [1.29, 1.82) is 0 Å². The summed E-state index contributed by atoms with van der Waals surface area (Å²) < 4.78 is 0. The molecule has 0 amide bonds. The van der Waals surface area contributed by atoms with Crippen LogP contribution in [-0.2, 0) is 0 Å². The van der Waals surface area contributed by atoms with Gasteiger partial charge in [-0.15, -0.1) is 0 Å². The smallest absolute Gasteiger partial charge is 0.0172 e. The van der Waals surface area contributed by atoms with Crippen LogP contribution >= 0.6 is 11.8 Å². The minimum atomic E-state index is 0.842. The van der Waals surface area contributed by atoms with Gasteiger partial charge in [-0.05, 0) is 24.2 Å². The molecule has 0 bridgehead atoms. The zero-order chi connectivity index (χ0) is 11.8. The average Bonchev–Trinajstić information content (AvgIpc) is 2.41. The lowest BCUT2D eigenvalue weighted by Gasteiger charge is -2.21. The highest BCUT2D eigenvalue weighted by Crippen LogP contribution is 2.24. The van der Waals surface area contributed by atoms with Crippen LogP contribution in [0.15, 0.2) is 36.4 Å². The molecule has 1 unspecified atom stereocenters. The first-order valence-electron chi connectivity index (χ1n) is 6.49. The predicted molar refractivity (Wildman–Crippen MR) is 78.4 cm³/mol. The van der Waals surface area contributed by atoms with Crippen LogP contribution in [-0.4, -0.2) is 24.1 Å². The second kappa shape index (κ2) is 7.57. The fraction of sp³-hybridized carbons (Fsp3) is 0.467. The van der Waals surface area contributed by atoms with Gasteiger partial charge >= 0.3 is 0 Å². The molecule has 2 heteroatoms. The van der Waals surface area contributed by atoms with E-state index in [1.54, 1.807) is 0 Å². The van der Waals surface area contributed by atoms with Gasteiger partial charge in [-0.2, -0.15) is 11.8 Å². The predicted octanol–water partition coefficient (Wildman–Crippen LogP) is 3.58. The Morgan fingerprint density at radius 2 is 2.12 bits per heavy atom. The molecule has 0 spiro atoms. The summed E-state index contributed by atoms with van der Waals surface area (Å²) in [6.45, 7) is 2.13. The lowest BCUT2D eigenvalue weighted by Crippen LogP contribution is -2.26. The summed E-state index contributed by atoms with van der Waals surface area (Å²) in [4.78, 5) is 0. The zero-order valence-electron chi connectivity index (χ0n) is 10.3. The van der Waals surface area contributed by atoms with Gasteiger partial charge in [0.25, 0.3) is 0 Å². The summed E-state index contributed by atoms with van der Waals surface area (Å²) in [5.74, 6) is 1.35. The molecule has 0 aromatic heterocycles. The highest BCUT2D eigenvalue weighted by molar-refractivity contribution is 7.99. The molecule has 1 heterocycles. The Morgan fingerprint density at radius 3 is 2.88 bits per heavy atom. The molecule has 0 aliphatic carbocycles. The van der Waals surface area contributed by atoms with Gasteiger partial charge in [0.2, 0.25) is 0 Å². The summed E-state index contributed by atoms with van der Waals surface area (Å²) in [5, 5.41) is 4.36. The van der Waals surface area contributed by atoms with Crippen LogP contribution < -0.4 is 5.32 Å². The van der Waals surface area contributed by atoms with Gasteiger partial charge < -0.3 is 5.32 Å². The van der Waals surface area contributed by atoms with Crippen molar-refractivity contribution >= 4 is 17.8 Å². The molecule has 1 N–H and O–H groups in total. The maximum atomic E-state index is 3.52. The summed E-state index contributed by atoms with van der Waals surface area (Å²) in [6.07, 6.45) is 8.61. The van der Waals surface area contributed by atoms with Gasteiger partial charge in [0, 0.05) is 18.3 Å². The van der Waals surface area contributed by atoms with Crippen LogP contribution in [0.25, 0.3) is 6.08 Å². The second-order valence-corrected chi connectivity index (χ2v) is 5.87. The molecule has 92 valence electrons. The maximum absolute atomic E-state index is 3.52. The number of benzene rings is 1. The minimum absolute atomic E-state index is 0.842. The van der Waals surface area contributed by atoms with Gasteiger partial charge in [0.05, 0.1) is 0 Å². The fourth-order valence-corrected chi connectivity index (χ4v) is 3.33. The van der Waals surface area contributed by atoms with Crippen LogP contribution in [0.4, 0.5) is 0 Å². The molecular weight excluding hydrogens is 226 g/mol. The molecule has 1 atom stereocenters. The van der Waals surface area contributed by atoms with Crippen LogP contribution in [0.1, 0.15) is 24.8 Å². The van der Waals surface area contributed by atoms with Crippen LogP contribution in [0.3, 0.4) is 0 Å². The molecular formula is C15H21NS. The maximum Gasteiger partial charge on any atom is 0.0172 e. The lowest BCUT2D eigenvalue weighted by atomic mass is 10.2. The normalized spacial score (nSPS) is 20.8. The third-order valence-corrected chi connectivity index (χ3v) is 4.42. The monoisotopic (exact) mass is 247 g/mol. The molecule has 1 fully saturated rings. The number of hydrogen-bond acceptors (Lipinski definition) is 2. The van der Waals surface area contributed by atoms with Crippen LogP contribution in [0.5, 0.6) is 0 Å². The molecule has 0 saturated carbocycles. The molecule has 1 aromatic rings. The van der Waals surface area contributed by atoms with Gasteiger partial charge in [0.15, 0.2) is 0 Å². The van der Waals surface area contributed by atoms with E-state index < -0.39 is 0 Å². The average molecular weight is 247 g/mol. The van der Waals surface area contributed by atoms with Gasteiger partial charge in [0.1, 0.15) is 0 Å². The van der Waals surface area contributed by atoms with Crippen LogP contribution in [0.2, 0.25) is 0 Å². The van der Waals surface area contributed by atoms with Crippen molar-refractivity contribution in [2.75, 3.05) is 18.8 Å². The fourth-order valence-electron chi connectivity index (χ4n) is 2.06. The highest BCUT2D eigenvalue weighted by atomic mass is 32.2. The van der Waals surface area contributed by atoms with Crippen molar-refractivity contribution in [2.45, 2.75) is 24.5 Å². The Hall–Kier alpha value is -0.730. The largest absolute Gasteiger partial charge is 0.312 e. The highest BCUT2D eigenvalue weighted by Gasteiger charge is 2.12. The van der Waals surface area contributed by atoms with E-state index in [9.17, 15) is 0 Å². The molecule has 1 saturated heterocycles. The SMILES string of the molecule is C(=C\c1ccccc1)/CNCC1CCCCS1. The van der Waals surface area contributed by atoms with E-state index in [1.165, 1.54) is 30.6 Å². The van der Waals surface area contributed by atoms with E-state index >= 15 is 0 Å². The summed E-state index contributed by atoms with van der Waals surface area (Å²) in [5.41, 5.74) is 1.28. The minimum Gasteiger partial charge on any atom is -0.312 e. The molecule has 1 nitrogen and oxygen atoms in total. The number of nitrogens with one attached hydrogen (secondary N) is 1. The third kappa shape index (κ3) is 4.97. The topological polar surface area (TPSA) is 12.0 Å². The Labute approximate surface area is 109 Å². The Balaban J connectivity index is 1.61. The van der Waals surface area contributed by atoms with E-state index in [4.69, 9.17) is 0 Å². The van der Waals surface area contributed by atoms with E-state index in [1.807, 2.05) is 0 Å². The first kappa shape index (κ1) is 12.7. The number of hydrogen-bond donors (Lipinski definition) is 1. The van der Waals surface area contributed by atoms with E-state index in [2.05, 4.69) is 59.6 Å². The first-order valence-corrected chi connectivity index (χ1v) is 7.54. The zero-order valence-corrected chi connectivity index (χ0v) is 11.1. The van der Waals surface area contributed by atoms with Crippen molar-refractivity contribution < 1.29 is 0 Å². The number of thioether (sulfide) groups is 1. The van der Waals surface area contributed by atoms with Crippen molar-refractivity contribution in [3.8, 4) is 0 Å². The molecule has 0 radical (unpaired) electrons. The van der Waals surface area contributed by atoms with E-state index in [-0.39, 0.29) is 0 Å². The summed E-state index contributed by atoms with van der Waals surface area (Å²) >= 11 is 2.13. The van der Waals surface area contributed by atoms with Crippen molar-refractivity contribution in [1.82, 2.24) is 5.32 Å². The molecule has 1 aliphatic heterocycles. The summed E-state index contributed by atoms with van der Waals surface area (Å²) in [7, 11) is 0. The molecule has 1 aromatic carbocycles. The van der Waals surface area contributed by atoms with Gasteiger partial charge in [-0.25, -0.2) is 0 Å². The molecule has 2 rings (SSSR count). The Morgan fingerprint density at radius 1 is 1.24 bits per heavy atom. The third-order valence-electron chi connectivity index (χ3n) is 3.02. The quantitative estimate of drug-likeness (QED) is 0.798. The molecule has 1 aliphatic rings. The van der Waals surface area contributed by atoms with Gasteiger partial charge in [-0.3, -0.25) is 0 Å². The first-order chi connectivity index (χ1) is 8.45. The number of rotatable bonds is 5. The van der Waals surface area contributed by atoms with E-state index in [0.717, 1.165) is 18.3 Å². The summed E-state index contributed by atoms with van der Waals surface area (Å²) in [6, 6.07) is 10.5. The van der Waals surface area contributed by atoms with E-state index in [0.29, 0.717) is 0 Å². The molecule has 17 heavy (non-hydrogen) atoms. The van der Waals surface area contributed by atoms with Crippen molar-refractivity contribution in [3.05, 3.63) is 42.0 Å². The van der Waals surface area contributed by atoms with Crippen molar-refractivity contribution in [3.63, 3.8) is 0 Å². The van der Waals surface area contributed by atoms with Crippen molar-refractivity contribution in [2.24, 2.45) is 0 Å². The second-order valence-electron chi connectivity index (χ2n) is 4.46. The standard InChI is InChI=1S/C15H21NS/c1-2-7-14(8-3-1)9-6-11-16-13-15-10-4-5-12-17-15/h1-3,6-9,15-16H,4-5,10-13H2/b9-6+. The van der Waals surface area contributed by atoms with Gasteiger partial charge in [-0.1, -0.05) is 48.9 Å². The Bertz CT molecular complexity index is 328. The Kier molecular flexibility index (Phi) is 5.66. The van der Waals surface area contributed by atoms with Crippen LogP contribution in [0, 0.1) is 0 Å². The lowest BCUT2D eigenvalue weighted by molar-refractivity contribution is 0.619.